The number of alkyl halides is 11. The third kappa shape index (κ3) is 4.61. The molecule has 0 spiro atoms. The molecule has 0 aliphatic heterocycles. The van der Waals surface area contributed by atoms with Gasteiger partial charge in [-0.15, -0.1) is 0 Å². The van der Waals surface area contributed by atoms with E-state index in [0.29, 0.717) is 12.1 Å². The third-order valence-corrected chi connectivity index (χ3v) is 3.01. The van der Waals surface area contributed by atoms with Gasteiger partial charge < -0.3 is 15.8 Å². The molecule has 17 heteroatoms. The Bertz CT molecular complexity index is 750. The number of para-hydroxylation sites is 2. The molecule has 1 amide bonds. The highest BCUT2D eigenvalue weighted by molar-refractivity contribution is 5.99. The van der Waals surface area contributed by atoms with Crippen LogP contribution in [0, 0.1) is 5.21 Å². The molecule has 6 nitrogen and oxygen atoms in total. The van der Waals surface area contributed by atoms with Gasteiger partial charge in [0.25, 0.3) is 5.91 Å². The van der Waals surface area contributed by atoms with Crippen molar-refractivity contribution in [1.82, 2.24) is 0 Å². The minimum absolute atomic E-state index is 0.521. The van der Waals surface area contributed by atoms with Crippen molar-refractivity contribution in [3.8, 4) is 0 Å². The molecule has 1 rings (SSSR count). The molecule has 0 fully saturated rings. The van der Waals surface area contributed by atoms with E-state index >= 15 is 0 Å². The van der Waals surface area contributed by atoms with E-state index in [1.165, 1.54) is 0 Å². The van der Waals surface area contributed by atoms with Crippen LogP contribution in [-0.2, 0) is 9.53 Å². The first-order valence-corrected chi connectivity index (χ1v) is 6.62. The second-order valence-electron chi connectivity index (χ2n) is 5.03. The molecule has 0 heterocycles. The number of carbonyl (C=O) groups is 1. The summed E-state index contributed by atoms with van der Waals surface area (Å²) >= 11 is 0. The first-order chi connectivity index (χ1) is 12.8. The van der Waals surface area contributed by atoms with Gasteiger partial charge in [0.2, 0.25) is 0 Å². The van der Waals surface area contributed by atoms with Crippen molar-refractivity contribution in [2.45, 2.75) is 30.2 Å². The summed E-state index contributed by atoms with van der Waals surface area (Å²) < 4.78 is 142. The monoisotopic (exact) mass is 451 g/mol. The molecule has 29 heavy (non-hydrogen) atoms. The molecule has 1 aromatic carbocycles. The van der Waals surface area contributed by atoms with Crippen LogP contribution in [-0.4, -0.2) is 41.4 Å². The van der Waals surface area contributed by atoms with E-state index in [0.717, 1.165) is 17.4 Å². The van der Waals surface area contributed by atoms with Gasteiger partial charge in [0.1, 0.15) is 0 Å². The summed E-state index contributed by atoms with van der Waals surface area (Å²) in [6.07, 6.45) is -21.3. The summed E-state index contributed by atoms with van der Waals surface area (Å²) in [5.41, 5.74) is -2.26. The van der Waals surface area contributed by atoms with E-state index in [2.05, 4.69) is 4.74 Å². The van der Waals surface area contributed by atoms with Gasteiger partial charge in [-0.2, -0.15) is 48.3 Å². The molecule has 0 radical (unpaired) electrons. The summed E-state index contributed by atoms with van der Waals surface area (Å²) in [6, 6.07) is 2.95. The highest BCUT2D eigenvalue weighted by Crippen LogP contribution is 2.51. The number of anilines is 2. The van der Waals surface area contributed by atoms with Crippen molar-refractivity contribution >= 4 is 17.3 Å². The summed E-state index contributed by atoms with van der Waals surface area (Å²) in [5, 5.41) is 19.3. The maximum atomic E-state index is 14.0. The Morgan fingerprint density at radius 3 is 1.83 bits per heavy atom. The van der Waals surface area contributed by atoms with E-state index in [-0.39, 0.29) is 0 Å². The lowest BCUT2D eigenvalue weighted by Gasteiger charge is -2.34. The molecule has 1 atom stereocenters. The molecular weight excluding hydrogens is 445 g/mol. The van der Waals surface area contributed by atoms with Crippen molar-refractivity contribution in [3.05, 3.63) is 29.5 Å². The molecule has 166 valence electrons. The van der Waals surface area contributed by atoms with Crippen LogP contribution in [0.25, 0.3) is 0 Å². The van der Waals surface area contributed by atoms with E-state index in [9.17, 15) is 58.3 Å². The zero-order valence-corrected chi connectivity index (χ0v) is 13.1. The lowest BCUT2D eigenvalue weighted by molar-refractivity contribution is -0.472. The number of hydrogen-bond donors (Lipinski definition) is 2. The number of rotatable bonds is 6. The molecule has 0 saturated heterocycles. The highest BCUT2D eigenvalue weighted by atomic mass is 19.4. The standard InChI is InChI=1S/C12H6F11N2O4/c13-8(10(16,17)18,29-12(22,23)9(14,15)11(19,20)21)7(26)24-5-3-1-2-4-6(5)25(27)28/h1-4,27H,(H,24,26)/q-1. The number of benzene rings is 1. The summed E-state index contributed by atoms with van der Waals surface area (Å²) in [4.78, 5) is 11.5. The fraction of sp³-hybridized carbons (Fsp3) is 0.417. The zero-order valence-electron chi connectivity index (χ0n) is 13.1. The van der Waals surface area contributed by atoms with Crippen molar-refractivity contribution in [3.63, 3.8) is 0 Å². The number of hydrogen-bond acceptors (Lipinski definition) is 5. The van der Waals surface area contributed by atoms with Gasteiger partial charge in [-0.3, -0.25) is 14.7 Å². The number of carbonyl (C=O) groups excluding carboxylic acids is 1. The van der Waals surface area contributed by atoms with Crippen molar-refractivity contribution in [2.75, 3.05) is 10.5 Å². The summed E-state index contributed by atoms with van der Waals surface area (Å²) in [5.74, 6) is -17.1. The second kappa shape index (κ2) is 7.45. The maximum absolute atomic E-state index is 14.0. The Kier molecular flexibility index (Phi) is 6.33. The van der Waals surface area contributed by atoms with Crippen LogP contribution >= 0.6 is 0 Å². The molecule has 0 saturated carbocycles. The third-order valence-electron chi connectivity index (χ3n) is 3.01. The first-order valence-electron chi connectivity index (χ1n) is 6.62. The highest BCUT2D eigenvalue weighted by Gasteiger charge is 2.79. The quantitative estimate of drug-likeness (QED) is 0.496. The Labute approximate surface area is 152 Å². The molecule has 0 bridgehead atoms. The van der Waals surface area contributed by atoms with Gasteiger partial charge in [-0.25, -0.2) is 0 Å². The number of nitrogens with one attached hydrogen (secondary N) is 1. The number of nitrogens with zero attached hydrogens (tertiary/aromatic N) is 1. The first kappa shape index (κ1) is 24.6. The van der Waals surface area contributed by atoms with Crippen LogP contribution in [0.1, 0.15) is 0 Å². The lowest BCUT2D eigenvalue weighted by Crippen LogP contribution is -2.62. The summed E-state index contributed by atoms with van der Waals surface area (Å²) in [7, 11) is 0. The van der Waals surface area contributed by atoms with Crippen LogP contribution < -0.4 is 10.5 Å². The van der Waals surface area contributed by atoms with E-state index in [1.807, 2.05) is 0 Å². The van der Waals surface area contributed by atoms with E-state index < -0.39 is 52.7 Å². The fourth-order valence-corrected chi connectivity index (χ4v) is 1.59. The van der Waals surface area contributed by atoms with Crippen LogP contribution in [0.3, 0.4) is 0 Å². The van der Waals surface area contributed by atoms with Gasteiger partial charge in [-0.05, 0) is 12.1 Å². The molecular formula is C12H6F11N2O4-. The Hall–Kier alpha value is -2.40. The normalized spacial score (nSPS) is 15.6. The predicted molar refractivity (Wildman–Crippen MR) is 69.6 cm³/mol. The number of amides is 1. The zero-order chi connectivity index (χ0) is 23.1. The average molecular weight is 451 g/mol. The Morgan fingerprint density at radius 2 is 1.41 bits per heavy atom. The average Bonchev–Trinajstić information content (AvgIpc) is 2.52. The maximum Gasteiger partial charge on any atom is 0.462 e. The van der Waals surface area contributed by atoms with Crippen LogP contribution in [0.15, 0.2) is 24.3 Å². The summed E-state index contributed by atoms with van der Waals surface area (Å²) in [6.45, 7) is 0. The molecule has 0 aliphatic rings. The van der Waals surface area contributed by atoms with Crippen molar-refractivity contribution in [2.24, 2.45) is 0 Å². The fourth-order valence-electron chi connectivity index (χ4n) is 1.59. The second-order valence-corrected chi connectivity index (χ2v) is 5.03. The Morgan fingerprint density at radius 1 is 0.931 bits per heavy atom. The van der Waals surface area contributed by atoms with Crippen molar-refractivity contribution in [1.29, 1.82) is 0 Å². The molecule has 1 aromatic rings. The molecule has 2 N–H and O–H groups in total. The van der Waals surface area contributed by atoms with E-state index in [1.54, 1.807) is 0 Å². The van der Waals surface area contributed by atoms with Crippen LogP contribution in [0.5, 0.6) is 0 Å². The molecule has 0 aromatic heterocycles. The minimum Gasteiger partial charge on any atom is -0.733 e. The van der Waals surface area contributed by atoms with E-state index in [4.69, 9.17) is 5.21 Å². The predicted octanol–water partition coefficient (Wildman–Crippen LogP) is 4.35. The van der Waals surface area contributed by atoms with Gasteiger partial charge in [0.05, 0.1) is 11.4 Å². The van der Waals surface area contributed by atoms with Gasteiger partial charge >= 0.3 is 30.2 Å². The van der Waals surface area contributed by atoms with Gasteiger partial charge in [-0.1, -0.05) is 12.1 Å². The van der Waals surface area contributed by atoms with Gasteiger partial charge in [0.15, 0.2) is 0 Å². The minimum atomic E-state index is -7.34. The van der Waals surface area contributed by atoms with Crippen molar-refractivity contribution < 1.29 is 63.0 Å². The topological polar surface area (TPSA) is 84.9 Å². The number of ether oxygens (including phenoxy) is 1. The van der Waals surface area contributed by atoms with Crippen LogP contribution in [0.2, 0.25) is 0 Å². The Balaban J connectivity index is 3.38. The van der Waals surface area contributed by atoms with Gasteiger partial charge in [0, 0.05) is 0 Å². The van der Waals surface area contributed by atoms with Crippen LogP contribution in [0.4, 0.5) is 59.7 Å². The SMILES string of the molecule is O=C(Nc1ccccc1N([O-])O)C(F)(OC(F)(F)C(F)(F)C(F)(F)F)C(F)(F)F. The lowest BCUT2D eigenvalue weighted by atomic mass is 10.2. The molecule has 1 unspecified atom stereocenters. The number of halogens is 11. The smallest absolute Gasteiger partial charge is 0.462 e. The largest absolute Gasteiger partial charge is 0.733 e. The molecule has 0 aliphatic carbocycles.